The van der Waals surface area contributed by atoms with E-state index in [1.807, 2.05) is 0 Å². The maximum Gasteiger partial charge on any atom is 0.354 e. The number of benzene rings is 3. The molecule has 7 heteroatoms. The summed E-state index contributed by atoms with van der Waals surface area (Å²) in [5.74, 6) is -1.44. The molecule has 3 aromatic carbocycles. The zero-order chi connectivity index (χ0) is 21.5. The monoisotopic (exact) mass is 425 g/mol. The van der Waals surface area contributed by atoms with E-state index >= 15 is 0 Å². The van der Waals surface area contributed by atoms with E-state index in [1.165, 1.54) is 31.4 Å². The molecule has 0 aromatic heterocycles. The standard InChI is InChI=1S/C23H17ClFNO4/c1-29-23(28)20(26-22(27)16-6-3-2-4-7-16)14-15-10-12-17(13-11-15)30-21-18(24)8-5-9-19(21)25/h2-14H,1H3,(H,26,27). The molecule has 5 nitrogen and oxygen atoms in total. The maximum atomic E-state index is 13.9. The van der Waals surface area contributed by atoms with Crippen molar-refractivity contribution in [3.05, 3.63) is 100 Å². The lowest BCUT2D eigenvalue weighted by molar-refractivity contribution is -0.136. The van der Waals surface area contributed by atoms with E-state index in [0.717, 1.165) is 0 Å². The van der Waals surface area contributed by atoms with E-state index in [4.69, 9.17) is 21.1 Å². The van der Waals surface area contributed by atoms with Gasteiger partial charge in [0.2, 0.25) is 0 Å². The molecular weight excluding hydrogens is 409 g/mol. The normalized spacial score (nSPS) is 11.0. The first-order chi connectivity index (χ1) is 14.5. The van der Waals surface area contributed by atoms with Gasteiger partial charge < -0.3 is 14.8 Å². The third-order valence-electron chi connectivity index (χ3n) is 4.02. The molecule has 0 radical (unpaired) electrons. The summed E-state index contributed by atoms with van der Waals surface area (Å²) in [5, 5.41) is 2.70. The minimum Gasteiger partial charge on any atom is -0.464 e. The fraction of sp³-hybridized carbons (Fsp3) is 0.0435. The number of carbonyl (C=O) groups is 2. The van der Waals surface area contributed by atoms with Gasteiger partial charge in [0.1, 0.15) is 11.4 Å². The highest BCUT2D eigenvalue weighted by atomic mass is 35.5. The Morgan fingerprint density at radius 3 is 2.30 bits per heavy atom. The summed E-state index contributed by atoms with van der Waals surface area (Å²) in [5.41, 5.74) is 0.964. The van der Waals surface area contributed by atoms with E-state index in [1.54, 1.807) is 54.6 Å². The van der Waals surface area contributed by atoms with Crippen LogP contribution in [0.1, 0.15) is 15.9 Å². The van der Waals surface area contributed by atoms with Crippen molar-refractivity contribution in [2.75, 3.05) is 7.11 Å². The number of ether oxygens (including phenoxy) is 2. The Labute approximate surface area is 177 Å². The van der Waals surface area contributed by atoms with Crippen LogP contribution in [0, 0.1) is 5.82 Å². The van der Waals surface area contributed by atoms with Crippen LogP contribution in [0.2, 0.25) is 5.02 Å². The molecule has 0 aliphatic heterocycles. The van der Waals surface area contributed by atoms with E-state index in [2.05, 4.69) is 5.32 Å². The van der Waals surface area contributed by atoms with Gasteiger partial charge >= 0.3 is 5.97 Å². The van der Waals surface area contributed by atoms with Crippen molar-refractivity contribution < 1.29 is 23.5 Å². The zero-order valence-electron chi connectivity index (χ0n) is 15.9. The maximum absolute atomic E-state index is 13.9. The summed E-state index contributed by atoms with van der Waals surface area (Å²) in [6.07, 6.45) is 1.46. The number of halogens is 2. The molecule has 0 saturated carbocycles. The van der Waals surface area contributed by atoms with Gasteiger partial charge in [-0.25, -0.2) is 9.18 Å². The lowest BCUT2D eigenvalue weighted by atomic mass is 10.1. The Bertz CT molecular complexity index is 1060. The van der Waals surface area contributed by atoms with Crippen molar-refractivity contribution in [3.8, 4) is 11.5 Å². The third kappa shape index (κ3) is 5.24. The summed E-state index contributed by atoms with van der Waals surface area (Å²) < 4.78 is 24.1. The van der Waals surface area contributed by atoms with Gasteiger partial charge in [-0.1, -0.05) is 48.0 Å². The van der Waals surface area contributed by atoms with Gasteiger partial charge in [0.05, 0.1) is 12.1 Å². The topological polar surface area (TPSA) is 64.6 Å². The van der Waals surface area contributed by atoms with Gasteiger partial charge in [-0.2, -0.15) is 0 Å². The van der Waals surface area contributed by atoms with E-state index < -0.39 is 17.7 Å². The minimum atomic E-state index is -0.697. The molecule has 3 aromatic rings. The third-order valence-corrected chi connectivity index (χ3v) is 4.32. The molecule has 152 valence electrons. The molecule has 30 heavy (non-hydrogen) atoms. The van der Waals surface area contributed by atoms with E-state index in [-0.39, 0.29) is 16.5 Å². The highest BCUT2D eigenvalue weighted by Gasteiger charge is 2.15. The highest BCUT2D eigenvalue weighted by molar-refractivity contribution is 6.32. The van der Waals surface area contributed by atoms with Crippen LogP contribution >= 0.6 is 11.6 Å². The van der Waals surface area contributed by atoms with Crippen molar-refractivity contribution in [1.82, 2.24) is 5.32 Å². The Balaban J connectivity index is 1.80. The number of amides is 1. The molecule has 0 saturated heterocycles. The van der Waals surface area contributed by atoms with Crippen LogP contribution in [0.25, 0.3) is 6.08 Å². The first-order valence-corrected chi connectivity index (χ1v) is 9.24. The Morgan fingerprint density at radius 2 is 1.67 bits per heavy atom. The molecule has 0 spiro atoms. The predicted molar refractivity (Wildman–Crippen MR) is 112 cm³/mol. The van der Waals surface area contributed by atoms with Crippen molar-refractivity contribution in [2.45, 2.75) is 0 Å². The summed E-state index contributed by atoms with van der Waals surface area (Å²) >= 11 is 5.96. The second-order valence-corrected chi connectivity index (χ2v) is 6.50. The summed E-state index contributed by atoms with van der Waals surface area (Å²) in [6, 6.07) is 19.2. The minimum absolute atomic E-state index is 0.0304. The van der Waals surface area contributed by atoms with Crippen molar-refractivity contribution in [3.63, 3.8) is 0 Å². The number of methoxy groups -OCH3 is 1. The van der Waals surface area contributed by atoms with Crippen LogP contribution < -0.4 is 10.1 Å². The number of hydrogen-bond donors (Lipinski definition) is 1. The van der Waals surface area contributed by atoms with Crippen LogP contribution in [-0.2, 0) is 9.53 Å². The fourth-order valence-corrected chi connectivity index (χ4v) is 2.74. The lowest BCUT2D eigenvalue weighted by Crippen LogP contribution is -2.28. The number of carbonyl (C=O) groups excluding carboxylic acids is 2. The van der Waals surface area contributed by atoms with Gasteiger partial charge in [-0.3, -0.25) is 4.79 Å². The second kappa shape index (κ2) is 9.71. The molecule has 0 unspecified atom stereocenters. The second-order valence-electron chi connectivity index (χ2n) is 6.09. The van der Waals surface area contributed by atoms with Crippen molar-refractivity contribution in [1.29, 1.82) is 0 Å². The molecule has 0 aliphatic rings. The average molecular weight is 426 g/mol. The smallest absolute Gasteiger partial charge is 0.354 e. The Kier molecular flexibility index (Phi) is 6.83. The molecule has 0 atom stereocenters. The number of rotatable bonds is 6. The Hall–Kier alpha value is -3.64. The van der Waals surface area contributed by atoms with E-state index in [9.17, 15) is 14.0 Å². The van der Waals surface area contributed by atoms with Crippen molar-refractivity contribution in [2.24, 2.45) is 0 Å². The average Bonchev–Trinajstić information content (AvgIpc) is 2.77. The lowest BCUT2D eigenvalue weighted by Gasteiger charge is -2.10. The van der Waals surface area contributed by atoms with Crippen LogP contribution in [0.3, 0.4) is 0 Å². The Morgan fingerprint density at radius 1 is 0.967 bits per heavy atom. The van der Waals surface area contributed by atoms with Crippen LogP contribution in [0.15, 0.2) is 78.5 Å². The van der Waals surface area contributed by atoms with Gasteiger partial charge in [-0.05, 0) is 48.0 Å². The van der Waals surface area contributed by atoms with Crippen LogP contribution in [0.5, 0.6) is 11.5 Å². The summed E-state index contributed by atoms with van der Waals surface area (Å²) in [4.78, 5) is 24.4. The van der Waals surface area contributed by atoms with Crippen LogP contribution in [-0.4, -0.2) is 19.0 Å². The summed E-state index contributed by atoms with van der Waals surface area (Å²) in [7, 11) is 1.22. The van der Waals surface area contributed by atoms with Crippen LogP contribution in [0.4, 0.5) is 4.39 Å². The molecule has 0 aliphatic carbocycles. The fourth-order valence-electron chi connectivity index (χ4n) is 2.54. The largest absolute Gasteiger partial charge is 0.464 e. The SMILES string of the molecule is COC(=O)C(=Cc1ccc(Oc2c(F)cccc2Cl)cc1)NC(=O)c1ccccc1. The predicted octanol–water partition coefficient (Wildman–Crippen LogP) is 5.22. The van der Waals surface area contributed by atoms with Crippen molar-refractivity contribution >= 4 is 29.6 Å². The highest BCUT2D eigenvalue weighted by Crippen LogP contribution is 2.32. The van der Waals surface area contributed by atoms with Gasteiger partial charge in [0.25, 0.3) is 5.91 Å². The quantitative estimate of drug-likeness (QED) is 0.434. The van der Waals surface area contributed by atoms with Gasteiger partial charge in [0.15, 0.2) is 11.6 Å². The van der Waals surface area contributed by atoms with Gasteiger partial charge in [-0.15, -0.1) is 0 Å². The molecule has 1 amide bonds. The van der Waals surface area contributed by atoms with Gasteiger partial charge in [0, 0.05) is 5.56 Å². The summed E-state index contributed by atoms with van der Waals surface area (Å²) in [6.45, 7) is 0. The number of nitrogens with one attached hydrogen (secondary N) is 1. The number of para-hydroxylation sites is 1. The molecule has 0 fully saturated rings. The number of esters is 1. The van der Waals surface area contributed by atoms with E-state index in [0.29, 0.717) is 16.9 Å². The molecule has 3 rings (SSSR count). The first kappa shape index (κ1) is 21.1. The molecule has 0 heterocycles. The zero-order valence-corrected chi connectivity index (χ0v) is 16.7. The first-order valence-electron chi connectivity index (χ1n) is 8.86. The molecular formula is C23H17ClFNO4. The molecule has 1 N–H and O–H groups in total. The molecule has 0 bridgehead atoms. The number of hydrogen-bond acceptors (Lipinski definition) is 4.